The predicted molar refractivity (Wildman–Crippen MR) is 118 cm³/mol. The highest BCUT2D eigenvalue weighted by Crippen LogP contribution is 2.21. The van der Waals surface area contributed by atoms with Crippen LogP contribution in [0.3, 0.4) is 0 Å². The Morgan fingerprint density at radius 1 is 0.867 bits per heavy atom. The largest absolute Gasteiger partial charge is 0.490 e. The molecule has 0 fully saturated rings. The molecule has 1 aromatic carbocycles. The second kappa shape index (κ2) is 13.7. The van der Waals surface area contributed by atoms with Crippen molar-refractivity contribution in [3.05, 3.63) is 36.7 Å². The average molecular weight is 415 g/mol. The molecule has 1 aromatic heterocycles. The summed E-state index contributed by atoms with van der Waals surface area (Å²) in [6.07, 6.45) is 10.6. The number of hydrogen-bond acceptors (Lipinski definition) is 6. The van der Waals surface area contributed by atoms with E-state index in [9.17, 15) is 4.79 Å². The molecule has 1 heterocycles. The maximum Gasteiger partial charge on any atom is 0.340 e. The van der Waals surface area contributed by atoms with Gasteiger partial charge in [0, 0.05) is 12.2 Å². The summed E-state index contributed by atoms with van der Waals surface area (Å²) in [7, 11) is 0. The molecular formula is C24H34N2O4. The molecule has 164 valence electrons. The number of aromatic nitrogens is 2. The molecule has 2 aromatic rings. The molecule has 0 aliphatic carbocycles. The van der Waals surface area contributed by atoms with Crippen molar-refractivity contribution in [1.82, 2.24) is 9.97 Å². The summed E-state index contributed by atoms with van der Waals surface area (Å²) >= 11 is 0. The van der Waals surface area contributed by atoms with Crippen molar-refractivity contribution in [1.29, 1.82) is 0 Å². The summed E-state index contributed by atoms with van der Waals surface area (Å²) in [5, 5.41) is 0. The number of unbranched alkanes of at least 4 members (excludes halogenated alkanes) is 5. The summed E-state index contributed by atoms with van der Waals surface area (Å²) < 4.78 is 16.6. The minimum atomic E-state index is -0.584. The van der Waals surface area contributed by atoms with Gasteiger partial charge in [0.1, 0.15) is 5.75 Å². The standard InChI is InChI=1S/C24H34N2O4/c1-4-6-8-10-15-28-19(3)24(27)30-21-13-11-20(12-14-21)23-25-17-22(18-26-23)29-16-9-7-5-2/h11-14,17-19H,4-10,15-16H2,1-3H3. The fraction of sp³-hybridized carbons (Fsp3) is 0.542. The van der Waals surface area contributed by atoms with Gasteiger partial charge in [-0.15, -0.1) is 0 Å². The Morgan fingerprint density at radius 2 is 1.50 bits per heavy atom. The highest BCUT2D eigenvalue weighted by Gasteiger charge is 2.16. The van der Waals surface area contributed by atoms with Crippen LogP contribution in [0.2, 0.25) is 0 Å². The third-order valence-corrected chi connectivity index (χ3v) is 4.67. The molecule has 0 amide bonds. The monoisotopic (exact) mass is 414 g/mol. The number of hydrogen-bond donors (Lipinski definition) is 0. The minimum absolute atomic E-state index is 0.390. The number of rotatable bonds is 14. The third kappa shape index (κ3) is 8.49. The summed E-state index contributed by atoms with van der Waals surface area (Å²) in [5.74, 6) is 1.35. The van der Waals surface area contributed by atoms with Crippen LogP contribution >= 0.6 is 0 Å². The van der Waals surface area contributed by atoms with E-state index in [4.69, 9.17) is 14.2 Å². The Kier molecular flexibility index (Phi) is 10.9. The van der Waals surface area contributed by atoms with E-state index in [1.165, 1.54) is 12.8 Å². The first kappa shape index (κ1) is 23.8. The van der Waals surface area contributed by atoms with Crippen LogP contribution < -0.4 is 9.47 Å². The molecule has 0 aliphatic rings. The summed E-state index contributed by atoms with van der Waals surface area (Å²) in [6.45, 7) is 7.30. The number of benzene rings is 1. The number of carbonyl (C=O) groups is 1. The molecule has 0 bridgehead atoms. The van der Waals surface area contributed by atoms with E-state index in [0.29, 0.717) is 30.5 Å². The molecule has 2 rings (SSSR count). The van der Waals surface area contributed by atoms with Crippen LogP contribution in [-0.2, 0) is 9.53 Å². The van der Waals surface area contributed by atoms with Crippen molar-refractivity contribution in [2.24, 2.45) is 0 Å². The molecule has 1 atom stereocenters. The lowest BCUT2D eigenvalue weighted by atomic mass is 10.2. The maximum atomic E-state index is 12.2. The van der Waals surface area contributed by atoms with E-state index in [2.05, 4.69) is 23.8 Å². The van der Waals surface area contributed by atoms with Gasteiger partial charge in [-0.25, -0.2) is 14.8 Å². The maximum absolute atomic E-state index is 12.2. The molecule has 0 radical (unpaired) electrons. The molecule has 0 saturated carbocycles. The second-order valence-corrected chi connectivity index (χ2v) is 7.32. The minimum Gasteiger partial charge on any atom is -0.490 e. The van der Waals surface area contributed by atoms with E-state index >= 15 is 0 Å². The van der Waals surface area contributed by atoms with Gasteiger partial charge < -0.3 is 14.2 Å². The molecule has 6 heteroatoms. The van der Waals surface area contributed by atoms with Crippen molar-refractivity contribution in [3.8, 4) is 22.9 Å². The lowest BCUT2D eigenvalue weighted by Crippen LogP contribution is -2.26. The fourth-order valence-electron chi connectivity index (χ4n) is 2.81. The Bertz CT molecular complexity index is 732. The van der Waals surface area contributed by atoms with Crippen molar-refractivity contribution >= 4 is 5.97 Å². The van der Waals surface area contributed by atoms with Gasteiger partial charge in [-0.3, -0.25) is 0 Å². The number of esters is 1. The lowest BCUT2D eigenvalue weighted by Gasteiger charge is -2.12. The van der Waals surface area contributed by atoms with E-state index in [1.54, 1.807) is 31.5 Å². The van der Waals surface area contributed by atoms with Crippen molar-refractivity contribution < 1.29 is 19.0 Å². The Labute approximate surface area is 180 Å². The van der Waals surface area contributed by atoms with Gasteiger partial charge in [-0.2, -0.15) is 0 Å². The van der Waals surface area contributed by atoms with Gasteiger partial charge in [0.2, 0.25) is 0 Å². The van der Waals surface area contributed by atoms with E-state index in [0.717, 1.165) is 37.7 Å². The lowest BCUT2D eigenvalue weighted by molar-refractivity contribution is -0.146. The van der Waals surface area contributed by atoms with Crippen LogP contribution in [0.15, 0.2) is 36.7 Å². The fourth-order valence-corrected chi connectivity index (χ4v) is 2.81. The van der Waals surface area contributed by atoms with Crippen molar-refractivity contribution in [2.75, 3.05) is 13.2 Å². The quantitative estimate of drug-likeness (QED) is 0.227. The van der Waals surface area contributed by atoms with Crippen LogP contribution in [0.25, 0.3) is 11.4 Å². The van der Waals surface area contributed by atoms with Gasteiger partial charge >= 0.3 is 5.97 Å². The zero-order valence-electron chi connectivity index (χ0n) is 18.4. The molecule has 0 spiro atoms. The zero-order valence-corrected chi connectivity index (χ0v) is 18.4. The number of carbonyl (C=O) groups excluding carboxylic acids is 1. The number of ether oxygens (including phenoxy) is 3. The van der Waals surface area contributed by atoms with Crippen LogP contribution in [-0.4, -0.2) is 35.3 Å². The summed E-state index contributed by atoms with van der Waals surface area (Å²) in [6, 6.07) is 7.13. The molecule has 30 heavy (non-hydrogen) atoms. The summed E-state index contributed by atoms with van der Waals surface area (Å²) in [5.41, 5.74) is 0.840. The van der Waals surface area contributed by atoms with E-state index < -0.39 is 6.10 Å². The van der Waals surface area contributed by atoms with Gasteiger partial charge in [0.25, 0.3) is 0 Å². The predicted octanol–water partition coefficient (Wildman–Crippen LogP) is 5.60. The molecule has 0 saturated heterocycles. The van der Waals surface area contributed by atoms with Gasteiger partial charge in [-0.05, 0) is 44.0 Å². The second-order valence-electron chi connectivity index (χ2n) is 7.32. The van der Waals surface area contributed by atoms with Crippen molar-refractivity contribution in [3.63, 3.8) is 0 Å². The average Bonchev–Trinajstić information content (AvgIpc) is 2.77. The van der Waals surface area contributed by atoms with E-state index in [-0.39, 0.29) is 5.97 Å². The first-order valence-corrected chi connectivity index (χ1v) is 11.0. The van der Waals surface area contributed by atoms with Gasteiger partial charge in [0.15, 0.2) is 17.7 Å². The van der Waals surface area contributed by atoms with Crippen LogP contribution in [0.4, 0.5) is 0 Å². The normalized spacial score (nSPS) is 11.8. The van der Waals surface area contributed by atoms with Crippen LogP contribution in [0, 0.1) is 0 Å². The van der Waals surface area contributed by atoms with Crippen molar-refractivity contribution in [2.45, 2.75) is 71.8 Å². The molecular weight excluding hydrogens is 380 g/mol. The third-order valence-electron chi connectivity index (χ3n) is 4.67. The Morgan fingerprint density at radius 3 is 2.17 bits per heavy atom. The van der Waals surface area contributed by atoms with Gasteiger partial charge in [-0.1, -0.05) is 46.0 Å². The zero-order chi connectivity index (χ0) is 21.6. The highest BCUT2D eigenvalue weighted by atomic mass is 16.6. The number of nitrogens with zero attached hydrogens (tertiary/aromatic N) is 2. The molecule has 1 unspecified atom stereocenters. The first-order valence-electron chi connectivity index (χ1n) is 11.0. The molecule has 0 aliphatic heterocycles. The van der Waals surface area contributed by atoms with Gasteiger partial charge in [0.05, 0.1) is 19.0 Å². The topological polar surface area (TPSA) is 70.5 Å². The SMILES string of the molecule is CCCCCCOC(C)C(=O)Oc1ccc(-c2ncc(OCCCCC)cn2)cc1. The Balaban J connectivity index is 1.80. The smallest absolute Gasteiger partial charge is 0.340 e. The first-order chi connectivity index (χ1) is 14.6. The summed E-state index contributed by atoms with van der Waals surface area (Å²) in [4.78, 5) is 20.9. The van der Waals surface area contributed by atoms with Crippen LogP contribution in [0.5, 0.6) is 11.5 Å². The molecule has 0 N–H and O–H groups in total. The highest BCUT2D eigenvalue weighted by molar-refractivity contribution is 5.77. The molecule has 6 nitrogen and oxygen atoms in total. The van der Waals surface area contributed by atoms with E-state index in [1.807, 2.05) is 12.1 Å². The van der Waals surface area contributed by atoms with Crippen LogP contribution in [0.1, 0.15) is 65.7 Å². The Hall–Kier alpha value is -2.47.